The Morgan fingerprint density at radius 3 is 3.06 bits per heavy atom. The first-order chi connectivity index (χ1) is 7.96. The highest BCUT2D eigenvalue weighted by Crippen LogP contribution is 2.28. The molecule has 0 atom stereocenters. The Morgan fingerprint density at radius 2 is 2.35 bits per heavy atom. The van der Waals surface area contributed by atoms with Crippen LogP contribution >= 0.6 is 0 Å². The summed E-state index contributed by atoms with van der Waals surface area (Å²) in [5.41, 5.74) is 7.54. The number of carbonyl (C=O) groups excluding carboxylic acids is 1. The zero-order chi connectivity index (χ0) is 12.5. The van der Waals surface area contributed by atoms with Gasteiger partial charge in [-0.1, -0.05) is 0 Å². The molecule has 1 aromatic rings. The van der Waals surface area contributed by atoms with Crippen LogP contribution in [0.4, 0.5) is 11.4 Å². The average Bonchev–Trinajstić information content (AvgIpc) is 2.24. The van der Waals surface area contributed by atoms with Crippen LogP contribution in [0, 0.1) is 0 Å². The van der Waals surface area contributed by atoms with E-state index in [0.29, 0.717) is 6.54 Å². The van der Waals surface area contributed by atoms with Crippen molar-refractivity contribution in [2.24, 2.45) is 5.73 Å². The number of pyridine rings is 1. The third-order valence-corrected chi connectivity index (χ3v) is 2.77. The average molecular weight is 234 g/mol. The number of nitrogens with zero attached hydrogens (tertiary/aromatic N) is 2. The minimum Gasteiger partial charge on any atom is -0.360 e. The van der Waals surface area contributed by atoms with Crippen LogP contribution in [0.2, 0.25) is 0 Å². The number of fused-ring (bicyclic) bond motifs is 1. The molecular weight excluding hydrogens is 216 g/mol. The number of nitrogens with one attached hydrogen (secondary N) is 1. The summed E-state index contributed by atoms with van der Waals surface area (Å²) in [6.45, 7) is 5.13. The summed E-state index contributed by atoms with van der Waals surface area (Å²) < 4.78 is 0. The number of hydrogen-bond donors (Lipinski definition) is 2. The number of carbonyl (C=O) groups is 1. The second-order valence-electron chi connectivity index (χ2n) is 5.10. The molecule has 1 aliphatic rings. The third-order valence-electron chi connectivity index (χ3n) is 2.77. The first-order valence-electron chi connectivity index (χ1n) is 5.73. The molecule has 17 heavy (non-hydrogen) atoms. The summed E-state index contributed by atoms with van der Waals surface area (Å²) in [6, 6.07) is 1.91. The smallest absolute Gasteiger partial charge is 0.243 e. The molecule has 0 fully saturated rings. The summed E-state index contributed by atoms with van der Waals surface area (Å²) in [5.74, 6) is 0.000303. The number of rotatable bonds is 3. The van der Waals surface area contributed by atoms with Crippen LogP contribution in [0.5, 0.6) is 0 Å². The van der Waals surface area contributed by atoms with Gasteiger partial charge in [-0.05, 0) is 26.3 Å². The van der Waals surface area contributed by atoms with Gasteiger partial charge in [0.15, 0.2) is 0 Å². The van der Waals surface area contributed by atoms with Crippen molar-refractivity contribution >= 4 is 17.3 Å². The topological polar surface area (TPSA) is 71.2 Å². The van der Waals surface area contributed by atoms with E-state index in [-0.39, 0.29) is 11.4 Å². The zero-order valence-electron chi connectivity index (χ0n) is 10.2. The van der Waals surface area contributed by atoms with Crippen molar-refractivity contribution < 1.29 is 4.79 Å². The fourth-order valence-electron chi connectivity index (χ4n) is 1.83. The van der Waals surface area contributed by atoms with Crippen LogP contribution in [-0.4, -0.2) is 29.5 Å². The molecule has 0 aliphatic carbocycles. The van der Waals surface area contributed by atoms with Gasteiger partial charge in [0.1, 0.15) is 0 Å². The minimum atomic E-state index is -0.221. The van der Waals surface area contributed by atoms with E-state index >= 15 is 0 Å². The quantitative estimate of drug-likeness (QED) is 0.817. The monoisotopic (exact) mass is 234 g/mol. The van der Waals surface area contributed by atoms with E-state index < -0.39 is 0 Å². The Morgan fingerprint density at radius 1 is 1.59 bits per heavy atom. The lowest BCUT2D eigenvalue weighted by atomic mass is 10.0. The highest BCUT2D eigenvalue weighted by Gasteiger charge is 2.23. The van der Waals surface area contributed by atoms with Crippen molar-refractivity contribution in [1.82, 2.24) is 4.98 Å². The molecule has 0 aromatic carbocycles. The molecular formula is C12H18N4O. The molecule has 2 rings (SSSR count). The maximum Gasteiger partial charge on any atom is 0.243 e. The largest absolute Gasteiger partial charge is 0.360 e. The maximum atomic E-state index is 11.5. The predicted molar refractivity (Wildman–Crippen MR) is 68.0 cm³/mol. The Labute approximate surface area is 101 Å². The Kier molecular flexibility index (Phi) is 3.02. The van der Waals surface area contributed by atoms with E-state index in [2.05, 4.69) is 10.3 Å². The molecule has 5 nitrogen and oxygen atoms in total. The van der Waals surface area contributed by atoms with Crippen LogP contribution < -0.4 is 16.0 Å². The van der Waals surface area contributed by atoms with Gasteiger partial charge in [0.05, 0.1) is 24.1 Å². The Balaban J connectivity index is 2.15. The second-order valence-corrected chi connectivity index (χ2v) is 5.10. The highest BCUT2D eigenvalue weighted by molar-refractivity contribution is 6.00. The summed E-state index contributed by atoms with van der Waals surface area (Å²) in [5, 5.41) is 2.81. The molecule has 0 radical (unpaired) electrons. The molecule has 1 aliphatic heterocycles. The fraction of sp³-hybridized carbons (Fsp3) is 0.500. The lowest BCUT2D eigenvalue weighted by molar-refractivity contribution is -0.115. The molecule has 5 heteroatoms. The summed E-state index contributed by atoms with van der Waals surface area (Å²) in [6.07, 6.45) is 4.24. The van der Waals surface area contributed by atoms with Gasteiger partial charge in [-0.2, -0.15) is 0 Å². The maximum absolute atomic E-state index is 11.5. The lowest BCUT2D eigenvalue weighted by Gasteiger charge is -2.32. The second kappa shape index (κ2) is 4.33. The molecule has 2 heterocycles. The summed E-state index contributed by atoms with van der Waals surface area (Å²) >= 11 is 0. The molecule has 0 spiro atoms. The predicted octanol–water partition coefficient (Wildman–Crippen LogP) is 0.967. The van der Waals surface area contributed by atoms with Gasteiger partial charge in [-0.3, -0.25) is 9.78 Å². The van der Waals surface area contributed by atoms with E-state index in [1.807, 2.05) is 24.8 Å². The first-order valence-corrected chi connectivity index (χ1v) is 5.73. The third kappa shape index (κ3) is 2.94. The number of anilines is 2. The van der Waals surface area contributed by atoms with Crippen LogP contribution in [0.15, 0.2) is 18.5 Å². The van der Waals surface area contributed by atoms with Gasteiger partial charge in [-0.25, -0.2) is 0 Å². The Bertz CT molecular complexity index is 425. The molecule has 0 saturated heterocycles. The van der Waals surface area contributed by atoms with Crippen molar-refractivity contribution in [3.63, 3.8) is 0 Å². The molecule has 1 aromatic heterocycles. The SMILES string of the molecule is CC(C)(N)CCN1CC(=O)Nc2cnccc21. The van der Waals surface area contributed by atoms with Crippen LogP contribution in [-0.2, 0) is 4.79 Å². The van der Waals surface area contributed by atoms with E-state index in [0.717, 1.165) is 24.3 Å². The molecule has 0 bridgehead atoms. The van der Waals surface area contributed by atoms with Crippen LogP contribution in [0.1, 0.15) is 20.3 Å². The summed E-state index contributed by atoms with van der Waals surface area (Å²) in [7, 11) is 0. The minimum absolute atomic E-state index is 0.000303. The van der Waals surface area contributed by atoms with Gasteiger partial charge in [0, 0.05) is 18.3 Å². The van der Waals surface area contributed by atoms with Crippen LogP contribution in [0.25, 0.3) is 0 Å². The van der Waals surface area contributed by atoms with Gasteiger partial charge >= 0.3 is 0 Å². The number of nitrogens with two attached hydrogens (primary N) is 1. The number of aromatic nitrogens is 1. The molecule has 3 N–H and O–H groups in total. The fourth-order valence-corrected chi connectivity index (χ4v) is 1.83. The first kappa shape index (κ1) is 11.9. The number of hydrogen-bond acceptors (Lipinski definition) is 4. The van der Waals surface area contributed by atoms with Crippen molar-refractivity contribution in [3.8, 4) is 0 Å². The van der Waals surface area contributed by atoms with E-state index in [4.69, 9.17) is 5.73 Å². The standard InChI is InChI=1S/C12H18N4O/c1-12(2,13)4-6-16-8-11(17)15-9-7-14-5-3-10(9)16/h3,5,7H,4,6,8,13H2,1-2H3,(H,15,17). The molecule has 0 saturated carbocycles. The Hall–Kier alpha value is -1.62. The van der Waals surface area contributed by atoms with E-state index in [9.17, 15) is 4.79 Å². The van der Waals surface area contributed by atoms with Gasteiger partial charge in [-0.15, -0.1) is 0 Å². The van der Waals surface area contributed by atoms with E-state index in [1.165, 1.54) is 0 Å². The van der Waals surface area contributed by atoms with Gasteiger partial charge in [0.25, 0.3) is 0 Å². The van der Waals surface area contributed by atoms with Gasteiger partial charge in [0.2, 0.25) is 5.91 Å². The molecule has 1 amide bonds. The number of amides is 1. The van der Waals surface area contributed by atoms with Crippen molar-refractivity contribution in [1.29, 1.82) is 0 Å². The van der Waals surface area contributed by atoms with Crippen LogP contribution in [0.3, 0.4) is 0 Å². The molecule has 92 valence electrons. The van der Waals surface area contributed by atoms with E-state index in [1.54, 1.807) is 12.4 Å². The van der Waals surface area contributed by atoms with Crippen molar-refractivity contribution in [2.75, 3.05) is 23.3 Å². The van der Waals surface area contributed by atoms with Gasteiger partial charge < -0.3 is 16.0 Å². The zero-order valence-corrected chi connectivity index (χ0v) is 10.2. The highest BCUT2D eigenvalue weighted by atomic mass is 16.2. The lowest BCUT2D eigenvalue weighted by Crippen LogP contribution is -2.42. The summed E-state index contributed by atoms with van der Waals surface area (Å²) in [4.78, 5) is 17.6. The normalized spacial score (nSPS) is 15.5. The van der Waals surface area contributed by atoms with Crippen molar-refractivity contribution in [2.45, 2.75) is 25.8 Å². The van der Waals surface area contributed by atoms with Crippen molar-refractivity contribution in [3.05, 3.63) is 18.5 Å². The molecule has 0 unspecified atom stereocenters.